The molecule has 76 valence electrons. The molecule has 0 saturated heterocycles. The van der Waals surface area contributed by atoms with Crippen LogP contribution in [0.3, 0.4) is 0 Å². The molecule has 0 aliphatic heterocycles. The zero-order chi connectivity index (χ0) is 10.4. The summed E-state index contributed by atoms with van der Waals surface area (Å²) in [4.78, 5) is 0.533. The fraction of sp³-hybridized carbons (Fsp3) is 0.300. The van der Waals surface area contributed by atoms with E-state index in [0.29, 0.717) is 11.4 Å². The van der Waals surface area contributed by atoms with Gasteiger partial charge in [0.05, 0.1) is 12.1 Å². The molecular weight excluding hydrogens is 196 g/mol. The maximum absolute atomic E-state index is 5.37. The fourth-order valence-electron chi connectivity index (χ4n) is 1.04. The molecule has 0 heterocycles. The molecule has 0 aromatic heterocycles. The number of methoxy groups -OCH3 is 1. The van der Waals surface area contributed by atoms with Crippen LogP contribution in [0.1, 0.15) is 6.42 Å². The van der Waals surface area contributed by atoms with E-state index in [2.05, 4.69) is 5.32 Å². The largest absolute Gasteiger partial charge is 0.497 e. The van der Waals surface area contributed by atoms with Crippen LogP contribution in [0, 0.1) is 0 Å². The summed E-state index contributed by atoms with van der Waals surface area (Å²) >= 11 is 4.77. The van der Waals surface area contributed by atoms with E-state index in [9.17, 15) is 0 Å². The van der Waals surface area contributed by atoms with Crippen molar-refractivity contribution in [3.63, 3.8) is 0 Å². The van der Waals surface area contributed by atoms with Gasteiger partial charge in [-0.2, -0.15) is 0 Å². The van der Waals surface area contributed by atoms with E-state index >= 15 is 0 Å². The van der Waals surface area contributed by atoms with Gasteiger partial charge in [0.25, 0.3) is 0 Å². The third-order valence-electron chi connectivity index (χ3n) is 1.79. The van der Waals surface area contributed by atoms with Gasteiger partial charge in [-0.15, -0.1) is 0 Å². The van der Waals surface area contributed by atoms with E-state index in [0.717, 1.165) is 18.0 Å². The molecule has 0 bridgehead atoms. The number of hydrogen-bond acceptors (Lipinski definition) is 3. The molecule has 0 unspecified atom stereocenters. The molecule has 14 heavy (non-hydrogen) atoms. The first-order valence-corrected chi connectivity index (χ1v) is 4.79. The van der Waals surface area contributed by atoms with Gasteiger partial charge in [-0.1, -0.05) is 12.2 Å². The van der Waals surface area contributed by atoms with Crippen LogP contribution in [-0.2, 0) is 0 Å². The van der Waals surface area contributed by atoms with Gasteiger partial charge >= 0.3 is 0 Å². The summed E-state index contributed by atoms with van der Waals surface area (Å²) in [5.74, 6) is 0.852. The first-order chi connectivity index (χ1) is 6.72. The lowest BCUT2D eigenvalue weighted by molar-refractivity contribution is 0.415. The molecule has 0 amide bonds. The van der Waals surface area contributed by atoms with Gasteiger partial charge in [0.2, 0.25) is 0 Å². The van der Waals surface area contributed by atoms with Crippen molar-refractivity contribution in [3.8, 4) is 5.75 Å². The number of thiocarbonyl (C=S) groups is 1. The summed E-state index contributed by atoms with van der Waals surface area (Å²) in [7, 11) is 1.65. The minimum absolute atomic E-state index is 0.533. The highest BCUT2D eigenvalue weighted by atomic mass is 32.1. The Labute approximate surface area is 89.3 Å². The van der Waals surface area contributed by atoms with Gasteiger partial charge in [-0.05, 0) is 24.3 Å². The zero-order valence-electron chi connectivity index (χ0n) is 8.12. The number of ether oxygens (including phenoxy) is 1. The average Bonchev–Trinajstić information content (AvgIpc) is 2.18. The van der Waals surface area contributed by atoms with Crippen molar-refractivity contribution < 1.29 is 4.74 Å². The van der Waals surface area contributed by atoms with Crippen molar-refractivity contribution in [3.05, 3.63) is 24.3 Å². The summed E-state index contributed by atoms with van der Waals surface area (Å²) < 4.78 is 5.04. The van der Waals surface area contributed by atoms with Crippen molar-refractivity contribution in [1.29, 1.82) is 0 Å². The maximum Gasteiger partial charge on any atom is 0.119 e. The first kappa shape index (κ1) is 10.8. The molecule has 3 N–H and O–H groups in total. The molecule has 0 spiro atoms. The van der Waals surface area contributed by atoms with E-state index in [1.54, 1.807) is 7.11 Å². The SMILES string of the molecule is COc1ccc(NCCC(N)=S)cc1. The number of hydrogen-bond donors (Lipinski definition) is 2. The molecule has 1 rings (SSSR count). The molecule has 0 aliphatic rings. The Morgan fingerprint density at radius 2 is 2.07 bits per heavy atom. The lowest BCUT2D eigenvalue weighted by Crippen LogP contribution is -2.13. The van der Waals surface area contributed by atoms with Crippen molar-refractivity contribution >= 4 is 22.9 Å². The molecular formula is C10H14N2OS. The monoisotopic (exact) mass is 210 g/mol. The Morgan fingerprint density at radius 1 is 1.43 bits per heavy atom. The minimum atomic E-state index is 0.533. The number of anilines is 1. The summed E-state index contributed by atoms with van der Waals surface area (Å²) in [6, 6.07) is 7.73. The maximum atomic E-state index is 5.37. The number of nitrogens with one attached hydrogen (secondary N) is 1. The third kappa shape index (κ3) is 3.62. The van der Waals surface area contributed by atoms with Crippen LogP contribution in [0.4, 0.5) is 5.69 Å². The average molecular weight is 210 g/mol. The highest BCUT2D eigenvalue weighted by Crippen LogP contribution is 2.14. The lowest BCUT2D eigenvalue weighted by Gasteiger charge is -2.06. The minimum Gasteiger partial charge on any atom is -0.497 e. The Balaban J connectivity index is 2.40. The van der Waals surface area contributed by atoms with Crippen molar-refractivity contribution in [1.82, 2.24) is 0 Å². The molecule has 0 fully saturated rings. The van der Waals surface area contributed by atoms with Crippen LogP contribution >= 0.6 is 12.2 Å². The smallest absolute Gasteiger partial charge is 0.119 e. The van der Waals surface area contributed by atoms with Gasteiger partial charge in [-0.3, -0.25) is 0 Å². The van der Waals surface area contributed by atoms with Crippen LogP contribution in [0.2, 0.25) is 0 Å². The van der Waals surface area contributed by atoms with Crippen LogP contribution in [0.15, 0.2) is 24.3 Å². The fourth-order valence-corrected chi connectivity index (χ4v) is 1.14. The van der Waals surface area contributed by atoms with Gasteiger partial charge in [0, 0.05) is 18.7 Å². The number of rotatable bonds is 5. The molecule has 3 nitrogen and oxygen atoms in total. The van der Waals surface area contributed by atoms with Crippen LogP contribution in [0.25, 0.3) is 0 Å². The second-order valence-corrected chi connectivity index (χ2v) is 3.40. The molecule has 1 aromatic carbocycles. The highest BCUT2D eigenvalue weighted by Gasteiger charge is 1.93. The molecule has 0 atom stereocenters. The van der Waals surface area contributed by atoms with Crippen molar-refractivity contribution in [2.45, 2.75) is 6.42 Å². The normalized spacial score (nSPS) is 9.50. The summed E-state index contributed by atoms with van der Waals surface area (Å²) in [6.45, 7) is 0.766. The van der Waals surface area contributed by atoms with Gasteiger partial charge in [0.1, 0.15) is 5.75 Å². The molecule has 4 heteroatoms. The number of nitrogens with two attached hydrogens (primary N) is 1. The first-order valence-electron chi connectivity index (χ1n) is 4.38. The molecule has 0 radical (unpaired) electrons. The van der Waals surface area contributed by atoms with Gasteiger partial charge in [0.15, 0.2) is 0 Å². The lowest BCUT2D eigenvalue weighted by atomic mass is 10.3. The van der Waals surface area contributed by atoms with Crippen molar-refractivity contribution in [2.75, 3.05) is 19.0 Å². The summed E-state index contributed by atoms with van der Waals surface area (Å²) in [5.41, 5.74) is 6.42. The standard InChI is InChI=1S/C10H14N2OS/c1-13-9-4-2-8(3-5-9)12-7-6-10(11)14/h2-5,12H,6-7H2,1H3,(H2,11,14). The highest BCUT2D eigenvalue weighted by molar-refractivity contribution is 7.80. The van der Waals surface area contributed by atoms with E-state index in [4.69, 9.17) is 22.7 Å². The second kappa shape index (κ2) is 5.44. The van der Waals surface area contributed by atoms with Crippen LogP contribution in [0.5, 0.6) is 5.75 Å². The molecule has 0 saturated carbocycles. The van der Waals surface area contributed by atoms with Gasteiger partial charge < -0.3 is 15.8 Å². The van der Waals surface area contributed by atoms with Gasteiger partial charge in [-0.25, -0.2) is 0 Å². The van der Waals surface area contributed by atoms with E-state index in [1.165, 1.54) is 0 Å². The summed E-state index contributed by atoms with van der Waals surface area (Å²) in [5, 5.41) is 3.20. The topological polar surface area (TPSA) is 47.3 Å². The quantitative estimate of drug-likeness (QED) is 0.727. The zero-order valence-corrected chi connectivity index (χ0v) is 8.93. The Morgan fingerprint density at radius 3 is 2.57 bits per heavy atom. The summed E-state index contributed by atoms with van der Waals surface area (Å²) in [6.07, 6.45) is 0.710. The Bertz CT molecular complexity index is 297. The van der Waals surface area contributed by atoms with E-state index < -0.39 is 0 Å². The van der Waals surface area contributed by atoms with Crippen molar-refractivity contribution in [2.24, 2.45) is 5.73 Å². The Kier molecular flexibility index (Phi) is 4.19. The van der Waals surface area contributed by atoms with E-state index in [1.807, 2.05) is 24.3 Å². The predicted molar refractivity (Wildman–Crippen MR) is 62.9 cm³/mol. The predicted octanol–water partition coefficient (Wildman–Crippen LogP) is 1.78. The van der Waals surface area contributed by atoms with Crippen LogP contribution < -0.4 is 15.8 Å². The Hall–Kier alpha value is -1.29. The molecule has 0 aliphatic carbocycles. The van der Waals surface area contributed by atoms with E-state index in [-0.39, 0.29) is 0 Å². The number of benzene rings is 1. The van der Waals surface area contributed by atoms with Crippen LogP contribution in [-0.4, -0.2) is 18.6 Å². The molecule has 1 aromatic rings. The second-order valence-electron chi connectivity index (χ2n) is 2.87. The third-order valence-corrected chi connectivity index (χ3v) is 1.99.